The second-order valence-electron chi connectivity index (χ2n) is 9.11. The van der Waals surface area contributed by atoms with Gasteiger partial charge in [0.25, 0.3) is 0 Å². The average Bonchev–Trinajstić information content (AvgIpc) is 3.47. The molecule has 2 heterocycles. The first-order valence-electron chi connectivity index (χ1n) is 11.2. The van der Waals surface area contributed by atoms with Gasteiger partial charge in [0.1, 0.15) is 0 Å². The molecule has 1 aliphatic heterocycles. The molecule has 0 bridgehead atoms. The molecule has 2 aromatic rings. The number of nitrogens with zero attached hydrogens (tertiary/aromatic N) is 2. The van der Waals surface area contributed by atoms with E-state index in [1.165, 1.54) is 21.6 Å². The van der Waals surface area contributed by atoms with E-state index in [9.17, 15) is 9.59 Å². The van der Waals surface area contributed by atoms with E-state index >= 15 is 0 Å². The minimum atomic E-state index is -0.0586. The van der Waals surface area contributed by atoms with Crippen molar-refractivity contribution < 1.29 is 9.59 Å². The first kappa shape index (κ1) is 21.1. The summed E-state index contributed by atoms with van der Waals surface area (Å²) in [6.45, 7) is 8.03. The Hall–Kier alpha value is -2.14. The summed E-state index contributed by atoms with van der Waals surface area (Å²) in [6.07, 6.45) is 3.77. The topological polar surface area (TPSA) is 40.6 Å². The van der Waals surface area contributed by atoms with Crippen LogP contribution in [0, 0.1) is 18.8 Å². The van der Waals surface area contributed by atoms with Crippen LogP contribution < -0.4 is 0 Å². The Morgan fingerprint density at radius 3 is 2.63 bits per heavy atom. The minimum absolute atomic E-state index is 0.0586. The summed E-state index contributed by atoms with van der Waals surface area (Å²) in [6, 6.07) is 10.5. The van der Waals surface area contributed by atoms with Crippen molar-refractivity contribution in [1.29, 1.82) is 0 Å². The van der Waals surface area contributed by atoms with Gasteiger partial charge in [-0.05, 0) is 66.7 Å². The molecular formula is C25H32N2O2S. The van der Waals surface area contributed by atoms with Gasteiger partial charge in [0.2, 0.25) is 11.8 Å². The molecule has 2 aliphatic rings. The maximum Gasteiger partial charge on any atom is 0.242 e. The molecule has 0 unspecified atom stereocenters. The van der Waals surface area contributed by atoms with Gasteiger partial charge in [0, 0.05) is 23.9 Å². The molecule has 0 radical (unpaired) electrons. The SMILES string of the molecule is Cc1ccccc1[C@H]1c2ccsc2CCN1C(=O)CN(CCC(C)C)C(=O)C1CC1. The van der Waals surface area contributed by atoms with Gasteiger partial charge >= 0.3 is 0 Å². The van der Waals surface area contributed by atoms with Crippen molar-refractivity contribution in [2.45, 2.75) is 52.5 Å². The van der Waals surface area contributed by atoms with Gasteiger partial charge in [-0.25, -0.2) is 0 Å². The molecule has 160 valence electrons. The fourth-order valence-corrected chi connectivity index (χ4v) is 5.24. The second kappa shape index (κ2) is 8.93. The predicted octanol–water partition coefficient (Wildman–Crippen LogP) is 4.82. The Bertz CT molecular complexity index is 915. The van der Waals surface area contributed by atoms with Crippen molar-refractivity contribution in [2.24, 2.45) is 11.8 Å². The number of hydrogen-bond acceptors (Lipinski definition) is 3. The highest BCUT2D eigenvalue weighted by Crippen LogP contribution is 2.39. The highest BCUT2D eigenvalue weighted by atomic mass is 32.1. The van der Waals surface area contributed by atoms with E-state index in [4.69, 9.17) is 0 Å². The number of rotatable bonds is 7. The molecule has 0 saturated heterocycles. The summed E-state index contributed by atoms with van der Waals surface area (Å²) in [5.74, 6) is 0.891. The van der Waals surface area contributed by atoms with Crippen molar-refractivity contribution in [3.63, 3.8) is 0 Å². The third kappa shape index (κ3) is 4.46. The molecular weight excluding hydrogens is 392 g/mol. The summed E-state index contributed by atoms with van der Waals surface area (Å²) in [7, 11) is 0. The zero-order valence-electron chi connectivity index (χ0n) is 18.3. The first-order chi connectivity index (χ1) is 14.5. The van der Waals surface area contributed by atoms with E-state index in [1.807, 2.05) is 15.9 Å². The van der Waals surface area contributed by atoms with E-state index in [-0.39, 0.29) is 30.3 Å². The fourth-order valence-electron chi connectivity index (χ4n) is 4.34. The fraction of sp³-hybridized carbons (Fsp3) is 0.520. The molecule has 1 saturated carbocycles. The van der Waals surface area contributed by atoms with Gasteiger partial charge in [-0.3, -0.25) is 9.59 Å². The Labute approximate surface area is 183 Å². The van der Waals surface area contributed by atoms with E-state index in [0.717, 1.165) is 25.7 Å². The zero-order chi connectivity index (χ0) is 21.3. The lowest BCUT2D eigenvalue weighted by Gasteiger charge is -2.38. The van der Waals surface area contributed by atoms with Gasteiger partial charge in [-0.1, -0.05) is 38.1 Å². The third-order valence-electron chi connectivity index (χ3n) is 6.31. The summed E-state index contributed by atoms with van der Waals surface area (Å²) < 4.78 is 0. The van der Waals surface area contributed by atoms with Crippen LogP contribution in [0.5, 0.6) is 0 Å². The lowest BCUT2D eigenvalue weighted by molar-refractivity contribution is -0.142. The first-order valence-corrected chi connectivity index (χ1v) is 12.0. The summed E-state index contributed by atoms with van der Waals surface area (Å²) >= 11 is 1.78. The number of amides is 2. The minimum Gasteiger partial charge on any atom is -0.333 e. The monoisotopic (exact) mass is 424 g/mol. The molecule has 1 aromatic heterocycles. The highest BCUT2D eigenvalue weighted by molar-refractivity contribution is 7.10. The number of carbonyl (C=O) groups excluding carboxylic acids is 2. The predicted molar refractivity (Wildman–Crippen MR) is 122 cm³/mol. The van der Waals surface area contributed by atoms with Crippen LogP contribution in [0.25, 0.3) is 0 Å². The van der Waals surface area contributed by atoms with Gasteiger partial charge < -0.3 is 9.80 Å². The maximum absolute atomic E-state index is 13.6. The summed E-state index contributed by atoms with van der Waals surface area (Å²) in [5.41, 5.74) is 3.63. The van der Waals surface area contributed by atoms with Crippen LogP contribution in [0.3, 0.4) is 0 Å². The Kier molecular flexibility index (Phi) is 6.28. The standard InChI is InChI=1S/C25H32N2O2S/c1-17(2)10-13-26(25(29)19-8-9-19)16-23(28)27-14-11-22-21(12-15-30-22)24(27)20-7-5-4-6-18(20)3/h4-7,12,15,17,19,24H,8-11,13-14,16H2,1-3H3/t24-/m0/s1. The van der Waals surface area contributed by atoms with Gasteiger partial charge in [0.05, 0.1) is 12.6 Å². The molecule has 0 spiro atoms. The van der Waals surface area contributed by atoms with Crippen molar-refractivity contribution >= 4 is 23.2 Å². The Morgan fingerprint density at radius 2 is 1.93 bits per heavy atom. The van der Waals surface area contributed by atoms with Crippen LogP contribution in [0.4, 0.5) is 0 Å². The molecule has 1 atom stereocenters. The molecule has 4 nitrogen and oxygen atoms in total. The lowest BCUT2D eigenvalue weighted by Crippen LogP contribution is -2.47. The van der Waals surface area contributed by atoms with Crippen molar-refractivity contribution in [3.05, 3.63) is 57.3 Å². The van der Waals surface area contributed by atoms with E-state index < -0.39 is 0 Å². The second-order valence-corrected chi connectivity index (χ2v) is 10.1. The number of benzene rings is 1. The molecule has 5 heteroatoms. The maximum atomic E-state index is 13.6. The number of hydrogen-bond donors (Lipinski definition) is 0. The summed E-state index contributed by atoms with van der Waals surface area (Å²) in [5, 5.41) is 2.13. The summed E-state index contributed by atoms with van der Waals surface area (Å²) in [4.78, 5) is 31.6. The van der Waals surface area contributed by atoms with E-state index in [1.54, 1.807) is 11.3 Å². The largest absolute Gasteiger partial charge is 0.333 e. The molecule has 2 amide bonds. The lowest BCUT2D eigenvalue weighted by atomic mass is 9.90. The van der Waals surface area contributed by atoms with Crippen molar-refractivity contribution in [3.8, 4) is 0 Å². The Balaban J connectivity index is 1.59. The van der Waals surface area contributed by atoms with Crippen LogP contribution in [-0.2, 0) is 16.0 Å². The third-order valence-corrected chi connectivity index (χ3v) is 7.31. The van der Waals surface area contributed by atoms with E-state index in [0.29, 0.717) is 19.0 Å². The van der Waals surface area contributed by atoms with Crippen molar-refractivity contribution in [2.75, 3.05) is 19.6 Å². The normalized spacial score (nSPS) is 18.4. The highest BCUT2D eigenvalue weighted by Gasteiger charge is 2.37. The van der Waals surface area contributed by atoms with Gasteiger partial charge in [-0.2, -0.15) is 0 Å². The van der Waals surface area contributed by atoms with Crippen LogP contribution in [-0.4, -0.2) is 41.2 Å². The molecule has 30 heavy (non-hydrogen) atoms. The molecule has 4 rings (SSSR count). The number of aryl methyl sites for hydroxylation is 1. The van der Waals surface area contributed by atoms with E-state index in [2.05, 4.69) is 50.4 Å². The van der Waals surface area contributed by atoms with Gasteiger partial charge in [-0.15, -0.1) is 11.3 Å². The smallest absolute Gasteiger partial charge is 0.242 e. The number of carbonyl (C=O) groups is 2. The van der Waals surface area contributed by atoms with Crippen LogP contribution in [0.15, 0.2) is 35.7 Å². The Morgan fingerprint density at radius 1 is 1.17 bits per heavy atom. The van der Waals surface area contributed by atoms with Crippen LogP contribution in [0.1, 0.15) is 60.7 Å². The van der Waals surface area contributed by atoms with Crippen LogP contribution >= 0.6 is 11.3 Å². The zero-order valence-corrected chi connectivity index (χ0v) is 19.1. The molecule has 1 aromatic carbocycles. The van der Waals surface area contributed by atoms with Gasteiger partial charge in [0.15, 0.2) is 0 Å². The van der Waals surface area contributed by atoms with Crippen LogP contribution in [0.2, 0.25) is 0 Å². The van der Waals surface area contributed by atoms with Crippen molar-refractivity contribution in [1.82, 2.24) is 9.80 Å². The molecule has 1 aliphatic carbocycles. The molecule has 1 fully saturated rings. The average molecular weight is 425 g/mol. The number of thiophene rings is 1. The number of fused-ring (bicyclic) bond motifs is 1. The molecule has 0 N–H and O–H groups in total. The quantitative estimate of drug-likeness (QED) is 0.640.